The lowest BCUT2D eigenvalue weighted by atomic mass is 10.2. The summed E-state index contributed by atoms with van der Waals surface area (Å²) in [5.41, 5.74) is 1.18. The Balaban J connectivity index is 1.12. The van der Waals surface area contributed by atoms with E-state index in [1.807, 2.05) is 0 Å². The molecule has 0 atom stereocenters. The van der Waals surface area contributed by atoms with Crippen molar-refractivity contribution < 1.29 is 43.0 Å². The van der Waals surface area contributed by atoms with Gasteiger partial charge in [-0.05, 0) is 48.5 Å². The Morgan fingerprint density at radius 1 is 0.514 bits per heavy atom. The first kappa shape index (κ1) is 25.2. The van der Waals surface area contributed by atoms with E-state index in [-0.39, 0.29) is 37.6 Å². The van der Waals surface area contributed by atoms with Gasteiger partial charge in [-0.3, -0.25) is 19.2 Å². The molecule has 0 spiro atoms. The molecule has 0 fully saturated rings. The molecule has 2 aliphatic rings. The van der Waals surface area contributed by atoms with Crippen LogP contribution in [0.5, 0.6) is 0 Å². The Labute approximate surface area is 210 Å². The van der Waals surface area contributed by atoms with Gasteiger partial charge in [-0.25, -0.2) is 19.4 Å². The zero-order valence-electron chi connectivity index (χ0n) is 19.3. The summed E-state index contributed by atoms with van der Waals surface area (Å²) in [7, 11) is 0. The molecule has 4 rings (SSSR count). The molecule has 2 aromatic carbocycles. The summed E-state index contributed by atoms with van der Waals surface area (Å²) in [6.45, 7) is 0.0759. The molecule has 0 aromatic heterocycles. The normalized spacial score (nSPS) is 14.6. The average Bonchev–Trinajstić information content (AvgIpc) is 3.42. The monoisotopic (exact) mass is 504 g/mol. The van der Waals surface area contributed by atoms with Crippen LogP contribution in [0.4, 0.5) is 11.4 Å². The van der Waals surface area contributed by atoms with E-state index in [1.165, 1.54) is 72.8 Å². The Morgan fingerprint density at radius 3 is 1.16 bits per heavy atom. The van der Waals surface area contributed by atoms with Crippen molar-refractivity contribution >= 4 is 46.9 Å². The van der Waals surface area contributed by atoms with E-state index in [9.17, 15) is 28.8 Å². The molecule has 0 aliphatic carbocycles. The highest BCUT2D eigenvalue weighted by molar-refractivity contribution is 6.28. The minimum absolute atomic E-state index is 0.0359. The molecule has 11 nitrogen and oxygen atoms in total. The van der Waals surface area contributed by atoms with Gasteiger partial charge in [0.15, 0.2) is 0 Å². The van der Waals surface area contributed by atoms with Crippen molar-refractivity contribution in [1.82, 2.24) is 0 Å². The summed E-state index contributed by atoms with van der Waals surface area (Å²) in [4.78, 5) is 73.0. The summed E-state index contributed by atoms with van der Waals surface area (Å²) in [5.74, 6) is -3.01. The number of ether oxygens (including phenoxy) is 3. The predicted molar refractivity (Wildman–Crippen MR) is 128 cm³/mol. The van der Waals surface area contributed by atoms with Crippen LogP contribution in [0.25, 0.3) is 0 Å². The Kier molecular flexibility index (Phi) is 7.65. The van der Waals surface area contributed by atoms with Crippen molar-refractivity contribution in [3.8, 4) is 0 Å². The van der Waals surface area contributed by atoms with Crippen molar-refractivity contribution in [2.45, 2.75) is 0 Å². The summed E-state index contributed by atoms with van der Waals surface area (Å²) >= 11 is 0. The van der Waals surface area contributed by atoms with Crippen LogP contribution in [-0.2, 0) is 33.4 Å². The number of amides is 4. The van der Waals surface area contributed by atoms with Gasteiger partial charge in [-0.15, -0.1) is 0 Å². The van der Waals surface area contributed by atoms with E-state index in [1.54, 1.807) is 0 Å². The third-order valence-electron chi connectivity index (χ3n) is 5.26. The zero-order valence-corrected chi connectivity index (χ0v) is 19.3. The lowest BCUT2D eigenvalue weighted by molar-refractivity contribution is -0.121. The van der Waals surface area contributed by atoms with Crippen molar-refractivity contribution in [1.29, 1.82) is 0 Å². The highest BCUT2D eigenvalue weighted by Gasteiger charge is 2.26. The zero-order chi connectivity index (χ0) is 26.4. The lowest BCUT2D eigenvalue weighted by Gasteiger charge is -2.14. The van der Waals surface area contributed by atoms with Crippen LogP contribution in [0.15, 0.2) is 72.8 Å². The Hall–Kier alpha value is -4.90. The highest BCUT2D eigenvalue weighted by Crippen LogP contribution is 2.21. The third kappa shape index (κ3) is 5.85. The van der Waals surface area contributed by atoms with Crippen LogP contribution < -0.4 is 9.80 Å². The lowest BCUT2D eigenvalue weighted by Crippen LogP contribution is -2.29. The molecule has 0 unspecified atom stereocenters. The van der Waals surface area contributed by atoms with Crippen molar-refractivity contribution in [2.75, 3.05) is 36.2 Å². The van der Waals surface area contributed by atoms with Crippen LogP contribution in [0, 0.1) is 0 Å². The summed E-state index contributed by atoms with van der Waals surface area (Å²) in [6.07, 6.45) is 4.68. The second kappa shape index (κ2) is 11.2. The maximum absolute atomic E-state index is 12.1. The molecule has 0 saturated heterocycles. The fourth-order valence-corrected chi connectivity index (χ4v) is 3.46. The second-order valence-electron chi connectivity index (χ2n) is 7.67. The van der Waals surface area contributed by atoms with Gasteiger partial charge in [-0.2, -0.15) is 0 Å². The predicted octanol–water partition coefficient (Wildman–Crippen LogP) is 1.58. The van der Waals surface area contributed by atoms with E-state index < -0.39 is 35.6 Å². The maximum atomic E-state index is 12.1. The molecule has 0 bridgehead atoms. The van der Waals surface area contributed by atoms with Gasteiger partial charge < -0.3 is 14.2 Å². The van der Waals surface area contributed by atoms with Crippen LogP contribution in [0.1, 0.15) is 20.7 Å². The largest absolute Gasteiger partial charge is 0.460 e. The molecule has 37 heavy (non-hydrogen) atoms. The summed E-state index contributed by atoms with van der Waals surface area (Å²) in [6, 6.07) is 11.7. The summed E-state index contributed by atoms with van der Waals surface area (Å²) in [5, 5.41) is 0. The van der Waals surface area contributed by atoms with Crippen molar-refractivity contribution in [3.63, 3.8) is 0 Å². The molecule has 0 saturated carbocycles. The number of carbonyl (C=O) groups excluding carboxylic acids is 6. The summed E-state index contributed by atoms with van der Waals surface area (Å²) < 4.78 is 15.5. The minimum atomic E-state index is -0.602. The van der Waals surface area contributed by atoms with E-state index >= 15 is 0 Å². The van der Waals surface area contributed by atoms with E-state index in [0.717, 1.165) is 9.80 Å². The fraction of sp³-hybridized carbons (Fsp3) is 0.154. The molecule has 2 heterocycles. The van der Waals surface area contributed by atoms with Crippen LogP contribution in [-0.4, -0.2) is 62.0 Å². The number of carbonyl (C=O) groups is 6. The van der Waals surface area contributed by atoms with Gasteiger partial charge in [0.1, 0.15) is 13.2 Å². The first-order valence-corrected chi connectivity index (χ1v) is 11.1. The topological polar surface area (TPSA) is 137 Å². The van der Waals surface area contributed by atoms with Crippen molar-refractivity contribution in [3.05, 3.63) is 84.0 Å². The Morgan fingerprint density at radius 2 is 0.838 bits per heavy atom. The first-order chi connectivity index (χ1) is 17.8. The van der Waals surface area contributed by atoms with Gasteiger partial charge in [0.2, 0.25) is 0 Å². The second-order valence-corrected chi connectivity index (χ2v) is 7.67. The number of benzene rings is 2. The van der Waals surface area contributed by atoms with Gasteiger partial charge in [-0.1, -0.05) is 0 Å². The van der Waals surface area contributed by atoms with Crippen LogP contribution >= 0.6 is 0 Å². The molecule has 2 aliphatic heterocycles. The quantitative estimate of drug-likeness (QED) is 0.268. The number of anilines is 2. The maximum Gasteiger partial charge on any atom is 0.338 e. The molecule has 2 aromatic rings. The fourth-order valence-electron chi connectivity index (χ4n) is 3.46. The Bertz CT molecular complexity index is 1170. The molecule has 0 N–H and O–H groups in total. The first-order valence-electron chi connectivity index (χ1n) is 11.1. The van der Waals surface area contributed by atoms with Gasteiger partial charge >= 0.3 is 11.9 Å². The van der Waals surface area contributed by atoms with Crippen LogP contribution in [0.2, 0.25) is 0 Å². The van der Waals surface area contributed by atoms with Gasteiger partial charge in [0.25, 0.3) is 23.6 Å². The van der Waals surface area contributed by atoms with E-state index in [0.29, 0.717) is 11.4 Å². The number of imide groups is 2. The van der Waals surface area contributed by atoms with Crippen molar-refractivity contribution in [2.24, 2.45) is 0 Å². The highest BCUT2D eigenvalue weighted by atomic mass is 16.6. The number of nitrogens with zero attached hydrogens (tertiary/aromatic N) is 2. The van der Waals surface area contributed by atoms with E-state index in [4.69, 9.17) is 14.2 Å². The molecule has 4 amide bonds. The molecule has 188 valence electrons. The minimum Gasteiger partial charge on any atom is -0.460 e. The SMILES string of the molecule is O=C(OCCOCCOC(=O)c1ccc(N2C(=O)C=CC2=O)cc1)c1ccc(N2C(=O)C=CC2=O)cc1. The third-order valence-corrected chi connectivity index (χ3v) is 5.26. The number of esters is 2. The van der Waals surface area contributed by atoms with Gasteiger partial charge in [0.05, 0.1) is 35.7 Å². The number of hydrogen-bond donors (Lipinski definition) is 0. The molecular formula is C26H20N2O9. The van der Waals surface area contributed by atoms with Crippen LogP contribution in [0.3, 0.4) is 0 Å². The molecule has 11 heteroatoms. The number of hydrogen-bond acceptors (Lipinski definition) is 9. The van der Waals surface area contributed by atoms with E-state index in [2.05, 4.69) is 0 Å². The molecule has 0 radical (unpaired) electrons. The number of rotatable bonds is 10. The molecular weight excluding hydrogens is 484 g/mol. The standard InChI is InChI=1S/C26H20N2O9/c29-21-9-10-22(30)27(21)19-5-1-17(2-6-19)25(33)36-15-13-35-14-16-37-26(34)18-3-7-20(8-4-18)28-23(31)11-12-24(28)32/h1-12H,13-16H2. The average molecular weight is 504 g/mol. The smallest absolute Gasteiger partial charge is 0.338 e. The van der Waals surface area contributed by atoms with Gasteiger partial charge in [0, 0.05) is 24.3 Å².